The Balaban J connectivity index is 1.36. The highest BCUT2D eigenvalue weighted by Gasteiger charge is 2.37. The summed E-state index contributed by atoms with van der Waals surface area (Å²) in [6.07, 6.45) is 12.1. The first-order valence-corrected chi connectivity index (χ1v) is 12.6. The maximum atomic E-state index is 13.7. The molecule has 0 radical (unpaired) electrons. The van der Waals surface area contributed by atoms with Gasteiger partial charge in [-0.25, -0.2) is 4.99 Å². The van der Waals surface area contributed by atoms with Crippen LogP contribution in [0.3, 0.4) is 0 Å². The van der Waals surface area contributed by atoms with E-state index in [2.05, 4.69) is 17.1 Å². The number of anilines is 1. The van der Waals surface area contributed by atoms with E-state index in [1.54, 1.807) is 24.3 Å². The van der Waals surface area contributed by atoms with Gasteiger partial charge in [-0.3, -0.25) is 9.59 Å². The van der Waals surface area contributed by atoms with Crippen molar-refractivity contribution in [2.45, 2.75) is 44.8 Å². The van der Waals surface area contributed by atoms with Gasteiger partial charge < -0.3 is 15.0 Å². The Morgan fingerprint density at radius 1 is 1.09 bits per heavy atom. The fourth-order valence-corrected chi connectivity index (χ4v) is 5.57. The van der Waals surface area contributed by atoms with E-state index in [4.69, 9.17) is 9.73 Å². The molecule has 2 aromatic carbocycles. The molecule has 2 aliphatic carbocycles. The van der Waals surface area contributed by atoms with Crippen molar-refractivity contribution in [2.75, 3.05) is 25.0 Å². The number of likely N-dealkylation sites (tertiary alicyclic amines) is 1. The highest BCUT2D eigenvalue weighted by Crippen LogP contribution is 2.46. The van der Waals surface area contributed by atoms with Crippen LogP contribution in [0.5, 0.6) is 5.75 Å². The number of hydrogen-bond donors (Lipinski definition) is 1. The van der Waals surface area contributed by atoms with E-state index in [9.17, 15) is 9.59 Å². The van der Waals surface area contributed by atoms with Crippen molar-refractivity contribution in [3.8, 4) is 5.75 Å². The van der Waals surface area contributed by atoms with Crippen LogP contribution >= 0.6 is 0 Å². The molecule has 1 fully saturated rings. The van der Waals surface area contributed by atoms with E-state index in [0.29, 0.717) is 52.0 Å². The SMILES string of the molecule is C[C@H]1CCCCN1CCCNc1cc2c(c3c1C(=O)c1ccccc1C3=O)N=C1C=CC=CC1O2. The normalized spacial score (nSPS) is 22.5. The predicted molar refractivity (Wildman–Crippen MR) is 138 cm³/mol. The third kappa shape index (κ3) is 3.82. The number of piperidine rings is 1. The summed E-state index contributed by atoms with van der Waals surface area (Å²) in [4.78, 5) is 34.7. The molecule has 2 aliphatic heterocycles. The molecule has 0 saturated carbocycles. The zero-order valence-corrected chi connectivity index (χ0v) is 19.9. The Hall–Kier alpha value is -3.51. The smallest absolute Gasteiger partial charge is 0.196 e. The third-order valence-corrected chi connectivity index (χ3v) is 7.46. The molecular weight excluding hydrogens is 438 g/mol. The second-order valence-electron chi connectivity index (χ2n) is 9.70. The van der Waals surface area contributed by atoms with Gasteiger partial charge in [0.2, 0.25) is 0 Å². The molecule has 178 valence electrons. The van der Waals surface area contributed by atoms with Crippen molar-refractivity contribution in [2.24, 2.45) is 4.99 Å². The summed E-state index contributed by atoms with van der Waals surface area (Å²) in [5.41, 5.74) is 3.44. The van der Waals surface area contributed by atoms with E-state index in [-0.39, 0.29) is 17.7 Å². The lowest BCUT2D eigenvalue weighted by atomic mass is 9.81. The minimum Gasteiger partial charge on any atom is -0.478 e. The average Bonchev–Trinajstić information content (AvgIpc) is 2.89. The highest BCUT2D eigenvalue weighted by atomic mass is 16.5. The van der Waals surface area contributed by atoms with Gasteiger partial charge in [-0.05, 0) is 44.9 Å². The molecule has 0 amide bonds. The summed E-state index contributed by atoms with van der Waals surface area (Å²) in [5.74, 6) is 0.204. The van der Waals surface area contributed by atoms with E-state index in [1.165, 1.54) is 19.3 Å². The molecule has 2 heterocycles. The number of carbonyl (C=O) groups excluding carboxylic acids is 2. The summed E-state index contributed by atoms with van der Waals surface area (Å²) < 4.78 is 6.25. The highest BCUT2D eigenvalue weighted by molar-refractivity contribution is 6.32. The van der Waals surface area contributed by atoms with Gasteiger partial charge in [-0.15, -0.1) is 0 Å². The van der Waals surface area contributed by atoms with Gasteiger partial charge in [-0.2, -0.15) is 0 Å². The third-order valence-electron chi connectivity index (χ3n) is 7.46. The first-order valence-electron chi connectivity index (χ1n) is 12.6. The molecule has 4 aliphatic rings. The molecule has 2 aromatic rings. The number of rotatable bonds is 5. The number of ether oxygens (including phenoxy) is 1. The molecule has 1 N–H and O–H groups in total. The van der Waals surface area contributed by atoms with Gasteiger partial charge in [-0.1, -0.05) is 42.8 Å². The average molecular weight is 468 g/mol. The summed E-state index contributed by atoms with van der Waals surface area (Å²) >= 11 is 0. The van der Waals surface area contributed by atoms with Crippen molar-refractivity contribution >= 4 is 28.7 Å². The monoisotopic (exact) mass is 467 g/mol. The number of benzene rings is 2. The molecule has 0 aromatic heterocycles. The Morgan fingerprint density at radius 2 is 1.89 bits per heavy atom. The number of fused-ring (bicyclic) bond motifs is 5. The standard InChI is InChI=1S/C29H29N3O3/c1-18-9-6-7-15-32(18)16-8-14-30-22-17-24-27(31-21-12-4-5-13-23(21)35-24)26-25(22)28(33)19-10-2-3-11-20(19)29(26)34/h2-5,10-13,17-18,23,30H,6-9,14-16H2,1H3/t18-,23?/m0/s1. The van der Waals surface area contributed by atoms with Crippen LogP contribution in [0.15, 0.2) is 59.6 Å². The number of ketones is 2. The van der Waals surface area contributed by atoms with Crippen molar-refractivity contribution < 1.29 is 14.3 Å². The lowest BCUT2D eigenvalue weighted by Crippen LogP contribution is -2.38. The van der Waals surface area contributed by atoms with Crippen LogP contribution in [0.2, 0.25) is 0 Å². The van der Waals surface area contributed by atoms with Crippen molar-refractivity contribution in [3.63, 3.8) is 0 Å². The van der Waals surface area contributed by atoms with Gasteiger partial charge in [0.1, 0.15) is 11.4 Å². The molecular formula is C29H29N3O3. The fourth-order valence-electron chi connectivity index (χ4n) is 5.57. The van der Waals surface area contributed by atoms with Crippen molar-refractivity contribution in [3.05, 3.63) is 76.9 Å². The van der Waals surface area contributed by atoms with Crippen LogP contribution in [0.1, 0.15) is 64.4 Å². The van der Waals surface area contributed by atoms with Gasteiger partial charge in [0.25, 0.3) is 0 Å². The Labute approximate surface area is 205 Å². The van der Waals surface area contributed by atoms with Crippen LogP contribution < -0.4 is 10.1 Å². The van der Waals surface area contributed by atoms with Gasteiger partial charge in [0.05, 0.1) is 16.8 Å². The Bertz CT molecular complexity index is 1310. The van der Waals surface area contributed by atoms with E-state index < -0.39 is 0 Å². The largest absolute Gasteiger partial charge is 0.478 e. The number of allylic oxidation sites excluding steroid dienone is 2. The predicted octanol–water partition coefficient (Wildman–Crippen LogP) is 5.10. The second-order valence-corrected chi connectivity index (χ2v) is 9.70. The number of nitrogens with zero attached hydrogens (tertiary/aromatic N) is 2. The van der Waals surface area contributed by atoms with E-state index in [0.717, 1.165) is 25.2 Å². The van der Waals surface area contributed by atoms with Gasteiger partial charge in [0.15, 0.2) is 17.7 Å². The summed E-state index contributed by atoms with van der Waals surface area (Å²) in [7, 11) is 0. The lowest BCUT2D eigenvalue weighted by Gasteiger charge is -2.33. The zero-order chi connectivity index (χ0) is 23.9. The molecule has 6 rings (SSSR count). The molecule has 0 bridgehead atoms. The van der Waals surface area contributed by atoms with Crippen LogP contribution in [0.4, 0.5) is 11.4 Å². The lowest BCUT2D eigenvalue weighted by molar-refractivity contribution is 0.0979. The Morgan fingerprint density at radius 3 is 2.69 bits per heavy atom. The molecule has 1 saturated heterocycles. The second kappa shape index (κ2) is 8.93. The molecule has 1 unspecified atom stereocenters. The maximum Gasteiger partial charge on any atom is 0.196 e. The minimum absolute atomic E-state index is 0.147. The molecule has 35 heavy (non-hydrogen) atoms. The molecule has 0 spiro atoms. The zero-order valence-electron chi connectivity index (χ0n) is 19.9. The quantitative estimate of drug-likeness (QED) is 0.529. The topological polar surface area (TPSA) is 71.0 Å². The van der Waals surface area contributed by atoms with Gasteiger partial charge >= 0.3 is 0 Å². The fraction of sp³-hybridized carbons (Fsp3) is 0.345. The first-order chi connectivity index (χ1) is 17.1. The number of nitrogens with one attached hydrogen (secondary N) is 1. The number of aliphatic imine (C=N–C) groups is 1. The molecule has 2 atom stereocenters. The Kier molecular flexibility index (Phi) is 5.61. The van der Waals surface area contributed by atoms with Gasteiger partial charge in [0, 0.05) is 42.0 Å². The van der Waals surface area contributed by atoms with Crippen LogP contribution in [-0.2, 0) is 0 Å². The minimum atomic E-state index is -0.291. The van der Waals surface area contributed by atoms with Crippen LogP contribution in [0.25, 0.3) is 0 Å². The van der Waals surface area contributed by atoms with Crippen molar-refractivity contribution in [1.82, 2.24) is 4.90 Å². The van der Waals surface area contributed by atoms with E-state index >= 15 is 0 Å². The summed E-state index contributed by atoms with van der Waals surface area (Å²) in [6.45, 7) is 5.17. The first kappa shape index (κ1) is 22.0. The van der Waals surface area contributed by atoms with Crippen LogP contribution in [0, 0.1) is 0 Å². The van der Waals surface area contributed by atoms with E-state index in [1.807, 2.05) is 30.4 Å². The summed E-state index contributed by atoms with van der Waals surface area (Å²) in [6, 6.07) is 9.50. The summed E-state index contributed by atoms with van der Waals surface area (Å²) in [5, 5.41) is 3.47. The van der Waals surface area contributed by atoms with Crippen LogP contribution in [-0.4, -0.2) is 54.0 Å². The maximum absolute atomic E-state index is 13.7. The number of carbonyl (C=O) groups is 2. The molecule has 6 nitrogen and oxygen atoms in total. The van der Waals surface area contributed by atoms with Crippen molar-refractivity contribution in [1.29, 1.82) is 0 Å². The number of hydrogen-bond acceptors (Lipinski definition) is 6. The molecule has 6 heteroatoms.